The minimum absolute atomic E-state index is 0.258. The quantitative estimate of drug-likeness (QED) is 0.842. The molecule has 0 saturated heterocycles. The summed E-state index contributed by atoms with van der Waals surface area (Å²) < 4.78 is 13.4. The van der Waals surface area contributed by atoms with Crippen LogP contribution in [0.2, 0.25) is 5.02 Å². The SMILES string of the molecule is CC(C)C1CCCC(N)(c2cc(F)ccc2Cl)C1. The number of halogens is 2. The molecule has 1 aromatic rings. The highest BCUT2D eigenvalue weighted by Crippen LogP contribution is 2.43. The maximum absolute atomic E-state index is 13.4. The number of benzene rings is 1. The molecule has 0 aromatic heterocycles. The Kier molecular flexibility index (Phi) is 3.98. The monoisotopic (exact) mass is 269 g/mol. The molecule has 2 atom stereocenters. The van der Waals surface area contributed by atoms with Crippen LogP contribution >= 0.6 is 11.6 Å². The molecule has 0 amide bonds. The molecule has 1 aromatic carbocycles. The van der Waals surface area contributed by atoms with Gasteiger partial charge in [-0.25, -0.2) is 4.39 Å². The van der Waals surface area contributed by atoms with E-state index in [9.17, 15) is 4.39 Å². The standard InChI is InChI=1S/C15H21ClFN/c1-10(2)11-4-3-7-15(18,9-11)13-8-12(17)5-6-14(13)16/h5-6,8,10-11H,3-4,7,9,18H2,1-2H3. The summed E-state index contributed by atoms with van der Waals surface area (Å²) in [5, 5.41) is 0.586. The van der Waals surface area contributed by atoms with Gasteiger partial charge in [-0.05, 0) is 48.4 Å². The van der Waals surface area contributed by atoms with Crippen LogP contribution in [0.3, 0.4) is 0 Å². The van der Waals surface area contributed by atoms with E-state index in [1.165, 1.54) is 18.6 Å². The summed E-state index contributed by atoms with van der Waals surface area (Å²) in [7, 11) is 0. The van der Waals surface area contributed by atoms with Crippen molar-refractivity contribution >= 4 is 11.6 Å². The minimum atomic E-state index is -0.466. The summed E-state index contributed by atoms with van der Waals surface area (Å²) in [4.78, 5) is 0. The van der Waals surface area contributed by atoms with Crippen molar-refractivity contribution in [1.82, 2.24) is 0 Å². The first-order valence-electron chi connectivity index (χ1n) is 6.67. The third kappa shape index (κ3) is 2.70. The van der Waals surface area contributed by atoms with Gasteiger partial charge in [-0.2, -0.15) is 0 Å². The van der Waals surface area contributed by atoms with E-state index in [-0.39, 0.29) is 5.82 Å². The van der Waals surface area contributed by atoms with Crippen LogP contribution in [-0.4, -0.2) is 0 Å². The lowest BCUT2D eigenvalue weighted by Gasteiger charge is -2.40. The van der Waals surface area contributed by atoms with E-state index in [4.69, 9.17) is 17.3 Å². The molecule has 0 spiro atoms. The van der Waals surface area contributed by atoms with Crippen LogP contribution in [0.5, 0.6) is 0 Å². The van der Waals surface area contributed by atoms with Crippen molar-refractivity contribution in [2.45, 2.75) is 45.1 Å². The van der Waals surface area contributed by atoms with Gasteiger partial charge < -0.3 is 5.73 Å². The normalized spacial score (nSPS) is 28.7. The lowest BCUT2D eigenvalue weighted by molar-refractivity contribution is 0.183. The molecule has 18 heavy (non-hydrogen) atoms. The molecule has 0 aliphatic heterocycles. The third-order valence-electron chi connectivity index (χ3n) is 4.23. The maximum atomic E-state index is 13.4. The number of rotatable bonds is 2. The summed E-state index contributed by atoms with van der Waals surface area (Å²) in [5.74, 6) is 0.953. The molecule has 3 heteroatoms. The second kappa shape index (κ2) is 5.18. The molecule has 1 fully saturated rings. The first kappa shape index (κ1) is 13.8. The molecule has 1 aliphatic carbocycles. The predicted molar refractivity (Wildman–Crippen MR) is 74.1 cm³/mol. The van der Waals surface area contributed by atoms with Gasteiger partial charge >= 0.3 is 0 Å². The molecule has 0 heterocycles. The van der Waals surface area contributed by atoms with Gasteiger partial charge in [-0.15, -0.1) is 0 Å². The molecule has 100 valence electrons. The Bertz CT molecular complexity index is 433. The van der Waals surface area contributed by atoms with E-state index >= 15 is 0 Å². The molecule has 1 aliphatic rings. The average Bonchev–Trinajstić information content (AvgIpc) is 2.32. The number of hydrogen-bond acceptors (Lipinski definition) is 1. The van der Waals surface area contributed by atoms with E-state index in [0.29, 0.717) is 16.9 Å². The van der Waals surface area contributed by atoms with Gasteiger partial charge in [-0.1, -0.05) is 38.3 Å². The second-order valence-corrected chi connectivity index (χ2v) is 6.29. The van der Waals surface area contributed by atoms with Gasteiger partial charge in [0, 0.05) is 10.6 Å². The summed E-state index contributed by atoms with van der Waals surface area (Å²) in [6, 6.07) is 4.50. The van der Waals surface area contributed by atoms with E-state index in [1.54, 1.807) is 6.07 Å². The van der Waals surface area contributed by atoms with Crippen molar-refractivity contribution in [1.29, 1.82) is 0 Å². The van der Waals surface area contributed by atoms with Gasteiger partial charge in [0.05, 0.1) is 0 Å². The first-order chi connectivity index (χ1) is 8.42. The Morgan fingerprint density at radius 2 is 2.17 bits per heavy atom. The van der Waals surface area contributed by atoms with E-state index in [1.807, 2.05) is 0 Å². The lowest BCUT2D eigenvalue weighted by atomic mass is 9.69. The predicted octanol–water partition coefficient (Wildman–Crippen LogP) is 4.48. The Labute approximate surface area is 114 Å². The smallest absolute Gasteiger partial charge is 0.123 e. The molecular formula is C15H21ClFN. The third-order valence-corrected chi connectivity index (χ3v) is 4.56. The fraction of sp³-hybridized carbons (Fsp3) is 0.600. The van der Waals surface area contributed by atoms with Crippen LogP contribution < -0.4 is 5.73 Å². The van der Waals surface area contributed by atoms with Crippen molar-refractivity contribution in [2.75, 3.05) is 0 Å². The molecule has 2 rings (SSSR count). The minimum Gasteiger partial charge on any atom is -0.321 e. The molecule has 1 nitrogen and oxygen atoms in total. The van der Waals surface area contributed by atoms with Crippen molar-refractivity contribution in [3.05, 3.63) is 34.6 Å². The maximum Gasteiger partial charge on any atom is 0.123 e. The van der Waals surface area contributed by atoms with Gasteiger partial charge in [0.2, 0.25) is 0 Å². The number of hydrogen-bond donors (Lipinski definition) is 1. The van der Waals surface area contributed by atoms with Crippen LogP contribution in [0.25, 0.3) is 0 Å². The van der Waals surface area contributed by atoms with E-state index in [0.717, 1.165) is 24.8 Å². The van der Waals surface area contributed by atoms with Gasteiger partial charge in [0.1, 0.15) is 5.82 Å². The lowest BCUT2D eigenvalue weighted by Crippen LogP contribution is -2.42. The molecule has 0 bridgehead atoms. The van der Waals surface area contributed by atoms with Crippen molar-refractivity contribution in [3.63, 3.8) is 0 Å². The topological polar surface area (TPSA) is 26.0 Å². The van der Waals surface area contributed by atoms with Crippen molar-refractivity contribution in [2.24, 2.45) is 17.6 Å². The zero-order valence-electron chi connectivity index (χ0n) is 11.0. The fourth-order valence-electron chi connectivity index (χ4n) is 3.04. The highest BCUT2D eigenvalue weighted by Gasteiger charge is 2.36. The zero-order chi connectivity index (χ0) is 13.3. The van der Waals surface area contributed by atoms with Crippen molar-refractivity contribution in [3.8, 4) is 0 Å². The second-order valence-electron chi connectivity index (χ2n) is 5.88. The highest BCUT2D eigenvalue weighted by atomic mass is 35.5. The molecular weight excluding hydrogens is 249 g/mol. The summed E-state index contributed by atoms with van der Waals surface area (Å²) >= 11 is 6.20. The Morgan fingerprint density at radius 3 is 2.83 bits per heavy atom. The average molecular weight is 270 g/mol. The molecule has 0 radical (unpaired) electrons. The van der Waals surface area contributed by atoms with Gasteiger partial charge in [0.15, 0.2) is 0 Å². The van der Waals surface area contributed by atoms with Crippen LogP contribution in [0.15, 0.2) is 18.2 Å². The van der Waals surface area contributed by atoms with Crippen LogP contribution in [0.4, 0.5) is 4.39 Å². The zero-order valence-corrected chi connectivity index (χ0v) is 11.8. The Balaban J connectivity index is 2.32. The highest BCUT2D eigenvalue weighted by molar-refractivity contribution is 6.31. The summed E-state index contributed by atoms with van der Waals surface area (Å²) in [5.41, 5.74) is 6.83. The van der Waals surface area contributed by atoms with Crippen LogP contribution in [-0.2, 0) is 5.54 Å². The first-order valence-corrected chi connectivity index (χ1v) is 7.04. The Hall–Kier alpha value is -0.600. The molecule has 1 saturated carbocycles. The number of nitrogens with two attached hydrogens (primary N) is 1. The van der Waals surface area contributed by atoms with Crippen LogP contribution in [0, 0.1) is 17.7 Å². The van der Waals surface area contributed by atoms with E-state index < -0.39 is 5.54 Å². The largest absolute Gasteiger partial charge is 0.321 e. The summed E-state index contributed by atoms with van der Waals surface area (Å²) in [6.07, 6.45) is 4.09. The Morgan fingerprint density at radius 1 is 1.44 bits per heavy atom. The summed E-state index contributed by atoms with van der Waals surface area (Å²) in [6.45, 7) is 4.45. The van der Waals surface area contributed by atoms with E-state index in [2.05, 4.69) is 13.8 Å². The van der Waals surface area contributed by atoms with Crippen LogP contribution in [0.1, 0.15) is 45.1 Å². The molecule has 2 N–H and O–H groups in total. The fourth-order valence-corrected chi connectivity index (χ4v) is 3.35. The van der Waals surface area contributed by atoms with Gasteiger partial charge in [0.25, 0.3) is 0 Å². The van der Waals surface area contributed by atoms with Gasteiger partial charge in [-0.3, -0.25) is 0 Å². The van der Waals surface area contributed by atoms with Crippen molar-refractivity contribution < 1.29 is 4.39 Å². The molecule has 2 unspecified atom stereocenters.